The first-order valence-electron chi connectivity index (χ1n) is 33.2. The van der Waals surface area contributed by atoms with Crippen LogP contribution in [0.25, 0.3) is 0 Å². The summed E-state index contributed by atoms with van der Waals surface area (Å²) in [5.41, 5.74) is 0. The van der Waals surface area contributed by atoms with Gasteiger partial charge in [-0.05, 0) is 89.9 Å². The molecule has 77 heavy (non-hydrogen) atoms. The highest BCUT2D eigenvalue weighted by molar-refractivity contribution is 5.76. The number of hydrogen-bond acceptors (Lipinski definition) is 3. The lowest BCUT2D eigenvalue weighted by Gasteiger charge is -2.22. The first-order valence-corrected chi connectivity index (χ1v) is 33.2. The SMILES string of the molecule is CC/C=C\C/C=C\C/C=C\C/C=C\C/C=C\C/C=C\C/C=C\C/C=C\C/C=C\C/C=C\CCCCC(=O)NC(CO)C(O)CCCCCCCCCCCCCCCCCCCCCCCCCCCCCCCCCC. The molecule has 0 aliphatic heterocycles. The van der Waals surface area contributed by atoms with Gasteiger partial charge in [0.25, 0.3) is 0 Å². The largest absolute Gasteiger partial charge is 0.394 e. The summed E-state index contributed by atoms with van der Waals surface area (Å²) in [6, 6.07) is -0.571. The minimum atomic E-state index is -0.689. The van der Waals surface area contributed by atoms with Crippen LogP contribution in [0.15, 0.2) is 122 Å². The number of hydrogen-bond donors (Lipinski definition) is 3. The Morgan fingerprint density at radius 2 is 0.571 bits per heavy atom. The van der Waals surface area contributed by atoms with Crippen LogP contribution in [0.1, 0.15) is 316 Å². The average molecular weight is 1070 g/mol. The quantitative estimate of drug-likeness (QED) is 0.0420. The highest BCUT2D eigenvalue weighted by Crippen LogP contribution is 2.18. The minimum absolute atomic E-state index is 0.0746. The molecule has 0 radical (unpaired) electrons. The van der Waals surface area contributed by atoms with Gasteiger partial charge in [0.15, 0.2) is 0 Å². The summed E-state index contributed by atoms with van der Waals surface area (Å²) in [6.45, 7) is 4.25. The molecule has 2 unspecified atom stereocenters. The number of allylic oxidation sites excluding steroid dienone is 20. The molecule has 3 N–H and O–H groups in total. The number of amides is 1. The Morgan fingerprint density at radius 3 is 0.831 bits per heavy atom. The van der Waals surface area contributed by atoms with Crippen molar-refractivity contribution in [1.29, 1.82) is 0 Å². The Bertz CT molecular complexity index is 1490. The van der Waals surface area contributed by atoms with Crippen molar-refractivity contribution >= 4 is 5.91 Å². The fraction of sp³-hybridized carbons (Fsp3) is 0.712. The summed E-state index contributed by atoms with van der Waals surface area (Å²) in [5, 5.41) is 23.4. The Labute approximate surface area is 479 Å². The van der Waals surface area contributed by atoms with E-state index in [1.54, 1.807) is 0 Å². The van der Waals surface area contributed by atoms with E-state index in [-0.39, 0.29) is 12.5 Å². The molecule has 4 nitrogen and oxygen atoms in total. The first kappa shape index (κ1) is 73.8. The molecule has 0 fully saturated rings. The predicted molar refractivity (Wildman–Crippen MR) is 345 cm³/mol. The second kappa shape index (κ2) is 67.1. The Hall–Kier alpha value is -3.21. The summed E-state index contributed by atoms with van der Waals surface area (Å²) in [5.74, 6) is -0.0746. The fourth-order valence-corrected chi connectivity index (χ4v) is 9.75. The maximum atomic E-state index is 12.5. The summed E-state index contributed by atoms with van der Waals surface area (Å²) in [7, 11) is 0. The molecule has 0 spiro atoms. The van der Waals surface area contributed by atoms with Gasteiger partial charge in [0, 0.05) is 6.42 Å². The lowest BCUT2D eigenvalue weighted by molar-refractivity contribution is -0.123. The van der Waals surface area contributed by atoms with Crippen LogP contribution in [-0.4, -0.2) is 34.9 Å². The van der Waals surface area contributed by atoms with Gasteiger partial charge >= 0.3 is 0 Å². The van der Waals surface area contributed by atoms with Crippen LogP contribution >= 0.6 is 0 Å². The molecule has 0 aliphatic carbocycles. The maximum Gasteiger partial charge on any atom is 0.220 e. The van der Waals surface area contributed by atoms with Crippen LogP contribution in [0.2, 0.25) is 0 Å². The van der Waals surface area contributed by atoms with Crippen molar-refractivity contribution in [3.63, 3.8) is 0 Å². The lowest BCUT2D eigenvalue weighted by Crippen LogP contribution is -2.45. The van der Waals surface area contributed by atoms with Crippen molar-refractivity contribution in [2.75, 3.05) is 6.61 Å². The molecule has 0 aromatic heterocycles. The van der Waals surface area contributed by atoms with E-state index in [9.17, 15) is 15.0 Å². The number of rotatable bonds is 60. The first-order chi connectivity index (χ1) is 38.2. The van der Waals surface area contributed by atoms with E-state index >= 15 is 0 Å². The number of carbonyl (C=O) groups excluding carboxylic acids is 1. The number of aliphatic hydroxyl groups is 2. The van der Waals surface area contributed by atoms with Crippen molar-refractivity contribution in [2.24, 2.45) is 0 Å². The van der Waals surface area contributed by atoms with Gasteiger partial charge in [-0.25, -0.2) is 0 Å². The molecule has 2 atom stereocenters. The topological polar surface area (TPSA) is 69.6 Å². The summed E-state index contributed by atoms with van der Waals surface area (Å²) in [6.07, 6.45) is 102. The molecular weight excluding hydrogens is 939 g/mol. The predicted octanol–water partition coefficient (Wildman–Crippen LogP) is 22.8. The monoisotopic (exact) mass is 1070 g/mol. The molecule has 0 saturated heterocycles. The van der Waals surface area contributed by atoms with Gasteiger partial charge in [0.05, 0.1) is 18.8 Å². The van der Waals surface area contributed by atoms with Crippen molar-refractivity contribution in [3.8, 4) is 0 Å². The maximum absolute atomic E-state index is 12.5. The highest BCUT2D eigenvalue weighted by atomic mass is 16.3. The standard InChI is InChI=1S/C73H127NO3/c1-3-5-7-9-11-13-15-17-19-21-23-25-27-29-31-33-35-37-39-41-43-45-47-49-51-53-55-57-59-61-63-65-67-69-73(77)74-71(70-75)72(76)68-66-64-62-60-58-56-54-52-50-48-46-44-42-40-38-36-34-32-30-28-26-24-22-20-18-16-14-12-10-8-6-4-2/h5,7,11,13,17,19,23,25,29,31,35,37,41,43,47,49,53,55,59,61,71-72,75-76H,3-4,6,8-10,12,14-16,18,20-22,24,26-28,30,32-34,36,38-40,42,44-46,48,50-52,54,56-58,60,62-70H2,1-2H3,(H,74,77)/b7-5-,13-11-,19-17-,25-23-,31-29-,37-35-,43-41-,49-47-,55-53-,61-59-. The Morgan fingerprint density at radius 1 is 0.325 bits per heavy atom. The summed E-state index contributed by atoms with van der Waals surface area (Å²) < 4.78 is 0. The average Bonchev–Trinajstić information content (AvgIpc) is 3.43. The third-order valence-electron chi connectivity index (χ3n) is 14.7. The van der Waals surface area contributed by atoms with Crippen LogP contribution in [-0.2, 0) is 4.79 Å². The Balaban J connectivity index is 3.57. The van der Waals surface area contributed by atoms with Gasteiger partial charge in [-0.1, -0.05) is 341 Å². The molecule has 1 amide bonds. The zero-order valence-corrected chi connectivity index (χ0v) is 50.9. The van der Waals surface area contributed by atoms with E-state index in [1.807, 2.05) is 0 Å². The highest BCUT2D eigenvalue weighted by Gasteiger charge is 2.20. The van der Waals surface area contributed by atoms with E-state index < -0.39 is 12.1 Å². The van der Waals surface area contributed by atoms with Crippen LogP contribution < -0.4 is 5.32 Å². The van der Waals surface area contributed by atoms with Crippen LogP contribution in [0.4, 0.5) is 0 Å². The van der Waals surface area contributed by atoms with Gasteiger partial charge in [0.1, 0.15) is 0 Å². The fourth-order valence-electron chi connectivity index (χ4n) is 9.75. The molecule has 0 aromatic carbocycles. The van der Waals surface area contributed by atoms with Gasteiger partial charge in [0.2, 0.25) is 5.91 Å². The number of carbonyl (C=O) groups is 1. The molecular formula is C73H127NO3. The van der Waals surface area contributed by atoms with E-state index in [4.69, 9.17) is 0 Å². The second-order valence-corrected chi connectivity index (χ2v) is 22.2. The molecule has 0 bridgehead atoms. The van der Waals surface area contributed by atoms with Gasteiger partial charge < -0.3 is 15.5 Å². The summed E-state index contributed by atoms with van der Waals surface area (Å²) in [4.78, 5) is 12.5. The van der Waals surface area contributed by atoms with Crippen molar-refractivity contribution in [2.45, 2.75) is 328 Å². The number of unbranched alkanes of at least 4 members (excludes halogenated alkanes) is 33. The second-order valence-electron chi connectivity index (χ2n) is 22.2. The number of aliphatic hydroxyl groups excluding tert-OH is 2. The number of nitrogens with one attached hydrogen (secondary N) is 1. The van der Waals surface area contributed by atoms with E-state index in [0.717, 1.165) is 96.3 Å². The van der Waals surface area contributed by atoms with Crippen LogP contribution in [0, 0.1) is 0 Å². The Kier molecular flexibility index (Phi) is 64.3. The van der Waals surface area contributed by atoms with Crippen molar-refractivity contribution < 1.29 is 15.0 Å². The zero-order chi connectivity index (χ0) is 55.5. The smallest absolute Gasteiger partial charge is 0.220 e. The third kappa shape index (κ3) is 63.5. The van der Waals surface area contributed by atoms with Crippen molar-refractivity contribution in [1.82, 2.24) is 5.32 Å². The van der Waals surface area contributed by atoms with E-state index in [0.29, 0.717) is 12.8 Å². The minimum Gasteiger partial charge on any atom is -0.394 e. The molecule has 0 aliphatic rings. The van der Waals surface area contributed by atoms with Gasteiger partial charge in [-0.3, -0.25) is 4.79 Å². The summed E-state index contributed by atoms with van der Waals surface area (Å²) >= 11 is 0. The van der Waals surface area contributed by atoms with Crippen LogP contribution in [0.3, 0.4) is 0 Å². The van der Waals surface area contributed by atoms with E-state index in [1.165, 1.54) is 193 Å². The molecule has 0 saturated carbocycles. The van der Waals surface area contributed by atoms with Crippen molar-refractivity contribution in [3.05, 3.63) is 122 Å². The third-order valence-corrected chi connectivity index (χ3v) is 14.7. The molecule has 4 heteroatoms. The van der Waals surface area contributed by atoms with Gasteiger partial charge in [-0.2, -0.15) is 0 Å². The lowest BCUT2D eigenvalue weighted by atomic mass is 10.0. The zero-order valence-electron chi connectivity index (χ0n) is 50.9. The molecule has 442 valence electrons. The molecule has 0 aromatic rings. The molecule has 0 heterocycles. The van der Waals surface area contributed by atoms with Gasteiger partial charge in [-0.15, -0.1) is 0 Å². The normalized spacial score (nSPS) is 13.6. The molecule has 0 rings (SSSR count). The van der Waals surface area contributed by atoms with E-state index in [2.05, 4.69) is 141 Å². The van der Waals surface area contributed by atoms with Crippen LogP contribution in [0.5, 0.6) is 0 Å².